The Hall–Kier alpha value is -1.93. The first-order valence-corrected chi connectivity index (χ1v) is 13.1. The highest BCUT2D eigenvalue weighted by Crippen LogP contribution is 2.26. The molecule has 1 N–H and O–H groups in total. The maximum Gasteiger partial charge on any atom is 0.312 e. The van der Waals surface area contributed by atoms with Crippen LogP contribution in [0.15, 0.2) is 18.2 Å². The quantitative estimate of drug-likeness (QED) is 0.641. The van der Waals surface area contributed by atoms with Gasteiger partial charge >= 0.3 is 11.8 Å². The van der Waals surface area contributed by atoms with E-state index >= 15 is 0 Å². The molecule has 0 saturated carbocycles. The molecule has 2 amide bonds. The van der Waals surface area contributed by atoms with E-state index in [4.69, 9.17) is 0 Å². The molecule has 8 heteroatoms. The average Bonchev–Trinajstić information content (AvgIpc) is 3.10. The van der Waals surface area contributed by atoms with E-state index in [0.29, 0.717) is 25.9 Å². The lowest BCUT2D eigenvalue weighted by atomic mass is 9.89. The molecule has 7 nitrogen and oxygen atoms in total. The van der Waals surface area contributed by atoms with E-state index in [1.807, 2.05) is 25.9 Å². The molecule has 1 aliphatic heterocycles. The highest BCUT2D eigenvalue weighted by Gasteiger charge is 2.37. The molecule has 2 atom stereocenters. The van der Waals surface area contributed by atoms with Gasteiger partial charge in [0.1, 0.15) is 0 Å². The maximum absolute atomic E-state index is 13.1. The molecule has 1 heterocycles. The zero-order valence-corrected chi connectivity index (χ0v) is 19.7. The number of sulfone groups is 1. The Bertz CT molecular complexity index is 913. The lowest BCUT2D eigenvalue weighted by molar-refractivity contribution is -0.147. The van der Waals surface area contributed by atoms with E-state index in [-0.39, 0.29) is 17.5 Å². The molecule has 1 aromatic rings. The number of carbonyl (C=O) groups is 2. The topological polar surface area (TPSA) is 86.8 Å². The van der Waals surface area contributed by atoms with Crippen LogP contribution < -0.4 is 5.32 Å². The Morgan fingerprint density at radius 3 is 2.45 bits per heavy atom. The van der Waals surface area contributed by atoms with Gasteiger partial charge in [-0.2, -0.15) is 0 Å². The maximum atomic E-state index is 13.1. The van der Waals surface area contributed by atoms with Crippen LogP contribution in [0.4, 0.5) is 0 Å². The average molecular weight is 450 g/mol. The van der Waals surface area contributed by atoms with Crippen molar-refractivity contribution in [2.45, 2.75) is 57.5 Å². The number of benzene rings is 1. The zero-order valence-electron chi connectivity index (χ0n) is 18.9. The number of likely N-dealkylation sites (N-methyl/N-ethyl adjacent to an activating group) is 1. The van der Waals surface area contributed by atoms with Crippen molar-refractivity contribution < 1.29 is 18.0 Å². The number of hydrogen-bond acceptors (Lipinski definition) is 5. The van der Waals surface area contributed by atoms with Crippen LogP contribution in [0, 0.1) is 0 Å². The van der Waals surface area contributed by atoms with Gasteiger partial charge in [-0.3, -0.25) is 9.59 Å². The first kappa shape index (κ1) is 23.7. The number of fused-ring (bicyclic) bond motifs is 1. The molecule has 0 radical (unpaired) electrons. The van der Waals surface area contributed by atoms with Crippen molar-refractivity contribution in [3.63, 3.8) is 0 Å². The van der Waals surface area contributed by atoms with Crippen molar-refractivity contribution in [3.8, 4) is 0 Å². The second-order valence-electron chi connectivity index (χ2n) is 9.03. The zero-order chi connectivity index (χ0) is 22.6. The second-order valence-corrected chi connectivity index (χ2v) is 11.3. The highest BCUT2D eigenvalue weighted by molar-refractivity contribution is 7.91. The Morgan fingerprint density at radius 2 is 1.84 bits per heavy atom. The summed E-state index contributed by atoms with van der Waals surface area (Å²) in [7, 11) is 0.615. The van der Waals surface area contributed by atoms with E-state index in [1.54, 1.807) is 0 Å². The predicted molar refractivity (Wildman–Crippen MR) is 122 cm³/mol. The minimum absolute atomic E-state index is 0.0672. The van der Waals surface area contributed by atoms with Gasteiger partial charge in [0.25, 0.3) is 0 Å². The van der Waals surface area contributed by atoms with Crippen molar-refractivity contribution in [1.29, 1.82) is 0 Å². The molecular formula is C23H35N3O4S. The molecule has 0 bridgehead atoms. The molecule has 0 aromatic heterocycles. The summed E-state index contributed by atoms with van der Waals surface area (Å²) in [5.41, 5.74) is 3.74. The van der Waals surface area contributed by atoms with Gasteiger partial charge in [-0.1, -0.05) is 25.1 Å². The fourth-order valence-electron chi connectivity index (χ4n) is 4.52. The second kappa shape index (κ2) is 10.1. The first-order chi connectivity index (χ1) is 14.7. The largest absolute Gasteiger partial charge is 0.341 e. The Morgan fingerprint density at radius 1 is 1.13 bits per heavy atom. The molecular weight excluding hydrogens is 414 g/mol. The SMILES string of the molecule is CCC(NC(=O)C(=O)N(CCN(C)C)C1CCS(=O)(=O)C1)c1ccc2c(c1)CCCC2. The molecule has 2 aliphatic rings. The van der Waals surface area contributed by atoms with E-state index in [1.165, 1.54) is 28.9 Å². The van der Waals surface area contributed by atoms with Crippen LogP contribution in [0.5, 0.6) is 0 Å². The third-order valence-electron chi connectivity index (χ3n) is 6.38. The lowest BCUT2D eigenvalue weighted by Gasteiger charge is -2.29. The fourth-order valence-corrected chi connectivity index (χ4v) is 6.25. The summed E-state index contributed by atoms with van der Waals surface area (Å²) in [6, 6.07) is 5.68. The molecule has 3 rings (SSSR count). The van der Waals surface area contributed by atoms with Gasteiger partial charge in [-0.15, -0.1) is 0 Å². The molecule has 172 valence electrons. The van der Waals surface area contributed by atoms with E-state index in [0.717, 1.165) is 18.4 Å². The van der Waals surface area contributed by atoms with Crippen LogP contribution in [0.25, 0.3) is 0 Å². The van der Waals surface area contributed by atoms with Crippen molar-refractivity contribution >= 4 is 21.7 Å². The number of hydrogen-bond donors (Lipinski definition) is 1. The molecule has 0 spiro atoms. The lowest BCUT2D eigenvalue weighted by Crippen LogP contribution is -2.51. The number of carbonyl (C=O) groups excluding carboxylic acids is 2. The van der Waals surface area contributed by atoms with Gasteiger partial charge in [0.2, 0.25) is 0 Å². The number of amides is 2. The van der Waals surface area contributed by atoms with Crippen LogP contribution in [-0.4, -0.2) is 74.8 Å². The molecule has 1 fully saturated rings. The van der Waals surface area contributed by atoms with Crippen LogP contribution in [-0.2, 0) is 32.3 Å². The van der Waals surface area contributed by atoms with Gasteiger partial charge < -0.3 is 15.1 Å². The standard InChI is InChI=1S/C23H35N3O4S/c1-4-21(19-10-9-17-7-5-6-8-18(17)15-19)24-22(27)23(28)26(13-12-25(2)3)20-11-14-31(29,30)16-20/h9-10,15,20-21H,4-8,11-14,16H2,1-3H3,(H,24,27). The molecule has 1 aliphatic carbocycles. The normalized spacial score (nSPS) is 20.8. The van der Waals surface area contributed by atoms with E-state index in [9.17, 15) is 18.0 Å². The number of nitrogens with zero attached hydrogens (tertiary/aromatic N) is 2. The highest BCUT2D eigenvalue weighted by atomic mass is 32.2. The summed E-state index contributed by atoms with van der Waals surface area (Å²) < 4.78 is 23.9. The summed E-state index contributed by atoms with van der Waals surface area (Å²) >= 11 is 0. The van der Waals surface area contributed by atoms with Gasteiger partial charge in [0, 0.05) is 19.1 Å². The van der Waals surface area contributed by atoms with Gasteiger partial charge in [-0.25, -0.2) is 8.42 Å². The van der Waals surface area contributed by atoms with Crippen molar-refractivity contribution in [1.82, 2.24) is 15.1 Å². The summed E-state index contributed by atoms with van der Waals surface area (Å²) in [6.45, 7) is 2.88. The monoisotopic (exact) mass is 449 g/mol. The minimum atomic E-state index is -3.16. The van der Waals surface area contributed by atoms with Crippen LogP contribution >= 0.6 is 0 Å². The van der Waals surface area contributed by atoms with Crippen LogP contribution in [0.1, 0.15) is 55.3 Å². The third kappa shape index (κ3) is 6.07. The predicted octanol–water partition coefficient (Wildman–Crippen LogP) is 1.71. The van der Waals surface area contributed by atoms with Crippen molar-refractivity contribution in [2.75, 3.05) is 38.7 Å². The molecule has 31 heavy (non-hydrogen) atoms. The number of aryl methyl sites for hydroxylation is 2. The Kier molecular flexibility index (Phi) is 7.75. The Labute approximate surface area is 186 Å². The molecule has 1 aromatic carbocycles. The van der Waals surface area contributed by atoms with Crippen molar-refractivity contribution in [3.05, 3.63) is 34.9 Å². The van der Waals surface area contributed by atoms with Crippen LogP contribution in [0.3, 0.4) is 0 Å². The van der Waals surface area contributed by atoms with E-state index in [2.05, 4.69) is 23.5 Å². The minimum Gasteiger partial charge on any atom is -0.341 e. The fraction of sp³-hybridized carbons (Fsp3) is 0.652. The molecule has 2 unspecified atom stereocenters. The molecule has 1 saturated heterocycles. The van der Waals surface area contributed by atoms with Crippen LogP contribution in [0.2, 0.25) is 0 Å². The number of rotatable bonds is 7. The van der Waals surface area contributed by atoms with Gasteiger partial charge in [0.15, 0.2) is 9.84 Å². The van der Waals surface area contributed by atoms with Crippen molar-refractivity contribution in [2.24, 2.45) is 0 Å². The third-order valence-corrected chi connectivity index (χ3v) is 8.13. The summed E-state index contributed by atoms with van der Waals surface area (Å²) in [5, 5.41) is 2.91. The first-order valence-electron chi connectivity index (χ1n) is 11.3. The Balaban J connectivity index is 1.72. The summed E-state index contributed by atoms with van der Waals surface area (Å²) in [6.07, 6.45) is 5.62. The summed E-state index contributed by atoms with van der Waals surface area (Å²) in [5.74, 6) is -1.30. The van der Waals surface area contributed by atoms with E-state index < -0.39 is 27.7 Å². The summed E-state index contributed by atoms with van der Waals surface area (Å²) in [4.78, 5) is 29.4. The van der Waals surface area contributed by atoms with Gasteiger partial charge in [0.05, 0.1) is 17.5 Å². The smallest absolute Gasteiger partial charge is 0.312 e. The van der Waals surface area contributed by atoms with Gasteiger partial charge in [-0.05, 0) is 69.3 Å². The number of nitrogens with one attached hydrogen (secondary N) is 1.